The molecule has 0 saturated heterocycles. The highest BCUT2D eigenvalue weighted by Gasteiger charge is 2.06. The van der Waals surface area contributed by atoms with Crippen LogP contribution < -0.4 is 4.90 Å². The average Bonchev–Trinajstić information content (AvgIpc) is 2.75. The first-order chi connectivity index (χ1) is 6.75. The Morgan fingerprint density at radius 2 is 2.50 bits per heavy atom. The van der Waals surface area contributed by atoms with Crippen molar-refractivity contribution in [2.24, 2.45) is 0 Å². The van der Waals surface area contributed by atoms with Gasteiger partial charge in [-0.25, -0.2) is 4.98 Å². The predicted molar refractivity (Wildman–Crippen MR) is 61.5 cm³/mol. The third-order valence-corrected chi connectivity index (χ3v) is 3.47. The predicted octanol–water partition coefficient (Wildman–Crippen LogP) is 2.29. The Morgan fingerprint density at radius 3 is 3.07 bits per heavy atom. The van der Waals surface area contributed by atoms with E-state index in [0.717, 1.165) is 17.4 Å². The van der Waals surface area contributed by atoms with Crippen molar-refractivity contribution in [1.82, 2.24) is 15.2 Å². The Hall–Kier alpha value is -0.790. The molecule has 0 atom stereocenters. The zero-order valence-corrected chi connectivity index (χ0v) is 9.88. The van der Waals surface area contributed by atoms with E-state index in [4.69, 9.17) is 12.2 Å². The van der Waals surface area contributed by atoms with Gasteiger partial charge in [-0.15, -0.1) is 16.4 Å². The van der Waals surface area contributed by atoms with Crippen molar-refractivity contribution in [2.45, 2.75) is 6.54 Å². The average molecular weight is 244 g/mol. The van der Waals surface area contributed by atoms with Crippen molar-refractivity contribution in [3.63, 3.8) is 0 Å². The monoisotopic (exact) mass is 244 g/mol. The van der Waals surface area contributed by atoms with E-state index in [1.807, 2.05) is 22.8 Å². The third-order valence-electron chi connectivity index (χ3n) is 1.64. The van der Waals surface area contributed by atoms with E-state index < -0.39 is 0 Å². The second-order valence-electron chi connectivity index (χ2n) is 2.73. The summed E-state index contributed by atoms with van der Waals surface area (Å²) in [5, 5.41) is 9.76. The van der Waals surface area contributed by atoms with Crippen LogP contribution in [0.2, 0.25) is 0 Å². The van der Waals surface area contributed by atoms with Gasteiger partial charge >= 0.3 is 0 Å². The molecule has 2 heterocycles. The molecule has 0 unspecified atom stereocenters. The van der Waals surface area contributed by atoms with Gasteiger partial charge in [-0.05, 0) is 12.2 Å². The molecule has 2 aromatic heterocycles. The van der Waals surface area contributed by atoms with E-state index in [-0.39, 0.29) is 0 Å². The van der Waals surface area contributed by atoms with Crippen molar-refractivity contribution in [3.8, 4) is 0 Å². The molecular weight excluding hydrogens is 236 g/mol. The summed E-state index contributed by atoms with van der Waals surface area (Å²) in [6.45, 7) is 0.764. The van der Waals surface area contributed by atoms with Crippen LogP contribution in [0.4, 0.5) is 5.13 Å². The van der Waals surface area contributed by atoms with Gasteiger partial charge in [0.25, 0.3) is 0 Å². The minimum absolute atomic E-state index is 0.699. The number of H-pyrrole nitrogens is 1. The van der Waals surface area contributed by atoms with Gasteiger partial charge in [0.1, 0.15) is 0 Å². The Balaban J connectivity index is 2.10. The summed E-state index contributed by atoms with van der Waals surface area (Å²) in [4.78, 5) is 6.23. The van der Waals surface area contributed by atoms with Gasteiger partial charge in [-0.3, -0.25) is 5.10 Å². The van der Waals surface area contributed by atoms with E-state index in [0.29, 0.717) is 3.95 Å². The van der Waals surface area contributed by atoms with Gasteiger partial charge in [-0.2, -0.15) is 0 Å². The molecule has 0 radical (unpaired) electrons. The molecule has 0 spiro atoms. The summed E-state index contributed by atoms with van der Waals surface area (Å²) in [7, 11) is 1.97. The van der Waals surface area contributed by atoms with Crippen LogP contribution in [0.15, 0.2) is 10.9 Å². The highest BCUT2D eigenvalue weighted by molar-refractivity contribution is 7.73. The zero-order valence-electron chi connectivity index (χ0n) is 7.43. The molecule has 0 aliphatic heterocycles. The standard InChI is InChI=1S/C7H8N4S3/c1-11(2-5-3-13-4-8-5)6-9-10-7(12)14-6/h3-4H,2H2,1H3,(H,10,12). The summed E-state index contributed by atoms with van der Waals surface area (Å²) in [6.07, 6.45) is 0. The van der Waals surface area contributed by atoms with Crippen LogP contribution in [0, 0.1) is 3.95 Å². The number of nitrogens with zero attached hydrogens (tertiary/aromatic N) is 3. The largest absolute Gasteiger partial charge is 0.344 e. The Bertz CT molecular complexity index is 443. The Kier molecular flexibility index (Phi) is 2.90. The van der Waals surface area contributed by atoms with Crippen molar-refractivity contribution in [2.75, 3.05) is 11.9 Å². The molecule has 1 N–H and O–H groups in total. The second-order valence-corrected chi connectivity index (χ2v) is 5.09. The van der Waals surface area contributed by atoms with Gasteiger partial charge in [-0.1, -0.05) is 11.3 Å². The lowest BCUT2D eigenvalue weighted by Gasteiger charge is -2.12. The Morgan fingerprint density at radius 1 is 1.64 bits per heavy atom. The van der Waals surface area contributed by atoms with Crippen LogP contribution in [0.1, 0.15) is 5.69 Å². The summed E-state index contributed by atoms with van der Waals surface area (Å²) in [6, 6.07) is 0. The fourth-order valence-electron chi connectivity index (χ4n) is 1.01. The number of rotatable bonds is 3. The molecule has 0 aliphatic carbocycles. The quantitative estimate of drug-likeness (QED) is 0.841. The molecule has 7 heteroatoms. The molecule has 74 valence electrons. The number of hydrogen-bond donors (Lipinski definition) is 1. The van der Waals surface area contributed by atoms with Gasteiger partial charge in [0.15, 0.2) is 3.95 Å². The number of thiazole rings is 1. The van der Waals surface area contributed by atoms with Crippen molar-refractivity contribution >= 4 is 40.0 Å². The fourth-order valence-corrected chi connectivity index (χ4v) is 2.40. The third kappa shape index (κ3) is 2.17. The first kappa shape index (κ1) is 9.75. The van der Waals surface area contributed by atoms with Crippen LogP contribution in [-0.2, 0) is 6.54 Å². The fraction of sp³-hybridized carbons (Fsp3) is 0.286. The summed E-state index contributed by atoms with van der Waals surface area (Å²) < 4.78 is 0.699. The topological polar surface area (TPSA) is 44.8 Å². The number of hydrogen-bond acceptors (Lipinski definition) is 6. The molecule has 0 aliphatic rings. The van der Waals surface area contributed by atoms with E-state index in [1.54, 1.807) is 11.3 Å². The molecule has 0 bridgehead atoms. The molecule has 14 heavy (non-hydrogen) atoms. The van der Waals surface area contributed by atoms with Gasteiger partial charge in [0, 0.05) is 12.4 Å². The highest BCUT2D eigenvalue weighted by atomic mass is 32.1. The zero-order chi connectivity index (χ0) is 9.97. The first-order valence-electron chi connectivity index (χ1n) is 3.89. The maximum atomic E-state index is 4.96. The first-order valence-corrected chi connectivity index (χ1v) is 6.06. The van der Waals surface area contributed by atoms with Crippen LogP contribution in [-0.4, -0.2) is 22.2 Å². The molecule has 0 fully saturated rings. The van der Waals surface area contributed by atoms with Crippen LogP contribution in [0.3, 0.4) is 0 Å². The summed E-state index contributed by atoms with van der Waals surface area (Å²) in [5.41, 5.74) is 2.88. The lowest BCUT2D eigenvalue weighted by Crippen LogP contribution is -2.16. The van der Waals surface area contributed by atoms with E-state index in [2.05, 4.69) is 15.2 Å². The molecule has 4 nitrogen and oxygen atoms in total. The smallest absolute Gasteiger partial charge is 0.207 e. The van der Waals surface area contributed by atoms with Crippen molar-refractivity contribution in [3.05, 3.63) is 20.5 Å². The minimum Gasteiger partial charge on any atom is -0.344 e. The Labute approximate surface area is 94.2 Å². The van der Waals surface area contributed by atoms with Gasteiger partial charge in [0.2, 0.25) is 5.13 Å². The van der Waals surface area contributed by atoms with Gasteiger partial charge < -0.3 is 4.90 Å². The summed E-state index contributed by atoms with van der Waals surface area (Å²) >= 11 is 8.03. The maximum Gasteiger partial charge on any atom is 0.207 e. The lowest BCUT2D eigenvalue weighted by molar-refractivity contribution is 0.871. The number of anilines is 1. The molecule has 2 rings (SSSR count). The van der Waals surface area contributed by atoms with E-state index >= 15 is 0 Å². The second kappa shape index (κ2) is 4.16. The van der Waals surface area contributed by atoms with Crippen molar-refractivity contribution in [1.29, 1.82) is 0 Å². The van der Waals surface area contributed by atoms with Crippen LogP contribution >= 0.6 is 34.9 Å². The molecule has 0 amide bonds. The van der Waals surface area contributed by atoms with Crippen LogP contribution in [0.5, 0.6) is 0 Å². The van der Waals surface area contributed by atoms with E-state index in [1.165, 1.54) is 11.3 Å². The number of aromatic amines is 1. The van der Waals surface area contributed by atoms with Crippen molar-refractivity contribution < 1.29 is 0 Å². The van der Waals surface area contributed by atoms with Crippen LogP contribution in [0.25, 0.3) is 0 Å². The van der Waals surface area contributed by atoms with E-state index in [9.17, 15) is 0 Å². The summed E-state index contributed by atoms with van der Waals surface area (Å²) in [5.74, 6) is 0. The number of aromatic nitrogens is 3. The number of nitrogens with one attached hydrogen (secondary N) is 1. The lowest BCUT2D eigenvalue weighted by atomic mass is 10.5. The SMILES string of the molecule is CN(Cc1cscn1)c1n[nH]c(=S)s1. The normalized spacial score (nSPS) is 10.4. The molecule has 0 aromatic carbocycles. The minimum atomic E-state index is 0.699. The highest BCUT2D eigenvalue weighted by Crippen LogP contribution is 2.17. The maximum absolute atomic E-state index is 4.96. The molecular formula is C7H8N4S3. The molecule has 2 aromatic rings. The van der Waals surface area contributed by atoms with Gasteiger partial charge in [0.05, 0.1) is 17.7 Å². The molecule has 0 saturated carbocycles.